The lowest BCUT2D eigenvalue weighted by Gasteiger charge is -2.19. The van der Waals surface area contributed by atoms with E-state index in [2.05, 4.69) is 22.3 Å². The standard InChI is InChI=1S/C6H10N4/c1-5-2-7-6-8-4-9-10(6)3-5/h4-5H,2-3H2,1H3,(H,7,8,9)/t5-/m0/s1. The van der Waals surface area contributed by atoms with Crippen LogP contribution in [0, 0.1) is 5.92 Å². The first-order chi connectivity index (χ1) is 4.86. The molecule has 54 valence electrons. The number of hydrogen-bond donors (Lipinski definition) is 1. The quantitative estimate of drug-likeness (QED) is 0.562. The zero-order chi connectivity index (χ0) is 6.97. The van der Waals surface area contributed by atoms with Gasteiger partial charge in [-0.25, -0.2) is 4.68 Å². The van der Waals surface area contributed by atoms with Gasteiger partial charge < -0.3 is 5.32 Å². The summed E-state index contributed by atoms with van der Waals surface area (Å²) in [7, 11) is 0. The molecule has 0 bridgehead atoms. The number of fused-ring (bicyclic) bond motifs is 1. The van der Waals surface area contributed by atoms with Crippen LogP contribution in [0.2, 0.25) is 0 Å². The van der Waals surface area contributed by atoms with E-state index in [1.54, 1.807) is 6.33 Å². The van der Waals surface area contributed by atoms with Gasteiger partial charge in [0, 0.05) is 13.1 Å². The molecule has 4 nitrogen and oxygen atoms in total. The Morgan fingerprint density at radius 3 is 3.60 bits per heavy atom. The van der Waals surface area contributed by atoms with Crippen LogP contribution >= 0.6 is 0 Å². The molecule has 1 atom stereocenters. The zero-order valence-electron chi connectivity index (χ0n) is 5.91. The van der Waals surface area contributed by atoms with Gasteiger partial charge in [-0.05, 0) is 5.92 Å². The Balaban J connectivity index is 2.30. The second-order valence-electron chi connectivity index (χ2n) is 2.75. The SMILES string of the molecule is C[C@H]1CNc2ncnn2C1. The normalized spacial score (nSPS) is 23.5. The maximum Gasteiger partial charge on any atom is 0.221 e. The summed E-state index contributed by atoms with van der Waals surface area (Å²) in [5, 5.41) is 7.23. The molecule has 10 heavy (non-hydrogen) atoms. The Kier molecular flexibility index (Phi) is 1.12. The minimum atomic E-state index is 0.661. The van der Waals surface area contributed by atoms with Crippen LogP contribution in [-0.2, 0) is 6.54 Å². The van der Waals surface area contributed by atoms with Crippen LogP contribution in [0.1, 0.15) is 6.92 Å². The number of nitrogens with zero attached hydrogens (tertiary/aromatic N) is 3. The fourth-order valence-electron chi connectivity index (χ4n) is 1.16. The van der Waals surface area contributed by atoms with Gasteiger partial charge in [0.25, 0.3) is 0 Å². The number of hydrogen-bond acceptors (Lipinski definition) is 3. The molecule has 0 saturated heterocycles. The predicted octanol–water partition coefficient (Wildman–Crippen LogP) is 0.340. The Hall–Kier alpha value is -1.06. The summed E-state index contributed by atoms with van der Waals surface area (Å²) >= 11 is 0. The van der Waals surface area contributed by atoms with E-state index in [-0.39, 0.29) is 0 Å². The number of rotatable bonds is 0. The van der Waals surface area contributed by atoms with E-state index in [1.807, 2.05) is 4.68 Å². The van der Waals surface area contributed by atoms with Crippen LogP contribution < -0.4 is 5.32 Å². The first-order valence-electron chi connectivity index (χ1n) is 3.48. The molecule has 0 aromatic carbocycles. The van der Waals surface area contributed by atoms with Gasteiger partial charge in [-0.2, -0.15) is 10.1 Å². The van der Waals surface area contributed by atoms with Gasteiger partial charge in [-0.1, -0.05) is 6.92 Å². The predicted molar refractivity (Wildman–Crippen MR) is 37.7 cm³/mol. The first-order valence-corrected chi connectivity index (χ1v) is 3.48. The number of anilines is 1. The summed E-state index contributed by atoms with van der Waals surface area (Å²) < 4.78 is 1.90. The van der Waals surface area contributed by atoms with Gasteiger partial charge in [0.15, 0.2) is 0 Å². The van der Waals surface area contributed by atoms with Crippen molar-refractivity contribution in [3.8, 4) is 0 Å². The van der Waals surface area contributed by atoms with E-state index in [1.165, 1.54) is 0 Å². The molecule has 2 rings (SSSR count). The monoisotopic (exact) mass is 138 g/mol. The van der Waals surface area contributed by atoms with E-state index < -0.39 is 0 Å². The maximum absolute atomic E-state index is 4.05. The van der Waals surface area contributed by atoms with Crippen LogP contribution in [0.15, 0.2) is 6.33 Å². The van der Waals surface area contributed by atoms with Crippen molar-refractivity contribution in [3.63, 3.8) is 0 Å². The lowest BCUT2D eigenvalue weighted by Crippen LogP contribution is -2.25. The third-order valence-electron chi connectivity index (χ3n) is 1.71. The lowest BCUT2D eigenvalue weighted by molar-refractivity contribution is 0.443. The van der Waals surface area contributed by atoms with E-state index in [9.17, 15) is 0 Å². The Morgan fingerprint density at radius 1 is 1.80 bits per heavy atom. The molecule has 0 radical (unpaired) electrons. The van der Waals surface area contributed by atoms with Crippen LogP contribution in [-0.4, -0.2) is 21.3 Å². The molecular weight excluding hydrogens is 128 g/mol. The average Bonchev–Trinajstić information content (AvgIpc) is 2.33. The average molecular weight is 138 g/mol. The smallest absolute Gasteiger partial charge is 0.221 e. The molecular formula is C6H10N4. The van der Waals surface area contributed by atoms with Gasteiger partial charge in [0.2, 0.25) is 5.95 Å². The van der Waals surface area contributed by atoms with Crippen molar-refractivity contribution in [2.45, 2.75) is 13.5 Å². The van der Waals surface area contributed by atoms with Gasteiger partial charge >= 0.3 is 0 Å². The van der Waals surface area contributed by atoms with Crippen LogP contribution in [0.4, 0.5) is 5.95 Å². The van der Waals surface area contributed by atoms with Gasteiger partial charge in [0.1, 0.15) is 6.33 Å². The van der Waals surface area contributed by atoms with Crippen LogP contribution in [0.3, 0.4) is 0 Å². The molecule has 0 aliphatic carbocycles. The minimum absolute atomic E-state index is 0.661. The Morgan fingerprint density at radius 2 is 2.70 bits per heavy atom. The third-order valence-corrected chi connectivity index (χ3v) is 1.71. The highest BCUT2D eigenvalue weighted by Crippen LogP contribution is 2.11. The number of aromatic nitrogens is 3. The molecule has 0 spiro atoms. The van der Waals surface area contributed by atoms with E-state index in [4.69, 9.17) is 0 Å². The summed E-state index contributed by atoms with van der Waals surface area (Å²) in [5.74, 6) is 1.56. The minimum Gasteiger partial charge on any atom is -0.354 e. The van der Waals surface area contributed by atoms with Crippen molar-refractivity contribution < 1.29 is 0 Å². The first kappa shape index (κ1) is 5.70. The molecule has 2 heterocycles. The topological polar surface area (TPSA) is 42.7 Å². The lowest BCUT2D eigenvalue weighted by atomic mass is 10.1. The van der Waals surface area contributed by atoms with Crippen molar-refractivity contribution in [2.24, 2.45) is 5.92 Å². The molecule has 1 aromatic heterocycles. The largest absolute Gasteiger partial charge is 0.354 e. The molecule has 1 aliphatic rings. The Labute approximate surface area is 59.3 Å². The molecule has 0 amide bonds. The summed E-state index contributed by atoms with van der Waals surface area (Å²) in [4.78, 5) is 4.03. The van der Waals surface area contributed by atoms with Crippen molar-refractivity contribution in [2.75, 3.05) is 11.9 Å². The van der Waals surface area contributed by atoms with Crippen molar-refractivity contribution in [1.82, 2.24) is 14.8 Å². The molecule has 0 fully saturated rings. The van der Waals surface area contributed by atoms with Gasteiger partial charge in [-0.3, -0.25) is 0 Å². The number of nitrogens with one attached hydrogen (secondary N) is 1. The third kappa shape index (κ3) is 0.761. The van der Waals surface area contributed by atoms with Gasteiger partial charge in [0.05, 0.1) is 0 Å². The maximum atomic E-state index is 4.05. The fourth-order valence-corrected chi connectivity index (χ4v) is 1.16. The highest BCUT2D eigenvalue weighted by atomic mass is 15.4. The van der Waals surface area contributed by atoms with Crippen molar-refractivity contribution >= 4 is 5.95 Å². The zero-order valence-corrected chi connectivity index (χ0v) is 5.91. The molecule has 1 aromatic rings. The van der Waals surface area contributed by atoms with Crippen molar-refractivity contribution in [1.29, 1.82) is 0 Å². The molecule has 4 heteroatoms. The molecule has 0 unspecified atom stereocenters. The highest BCUT2D eigenvalue weighted by Gasteiger charge is 2.14. The van der Waals surface area contributed by atoms with Crippen LogP contribution in [0.25, 0.3) is 0 Å². The summed E-state index contributed by atoms with van der Waals surface area (Å²) in [6.45, 7) is 4.19. The summed E-state index contributed by atoms with van der Waals surface area (Å²) in [6.07, 6.45) is 1.58. The molecule has 0 saturated carbocycles. The van der Waals surface area contributed by atoms with Crippen molar-refractivity contribution in [3.05, 3.63) is 6.33 Å². The second kappa shape index (κ2) is 1.97. The Bertz CT molecular complexity index is 229. The fraction of sp³-hybridized carbons (Fsp3) is 0.667. The van der Waals surface area contributed by atoms with E-state index >= 15 is 0 Å². The highest BCUT2D eigenvalue weighted by molar-refractivity contribution is 5.24. The summed E-state index contributed by atoms with van der Waals surface area (Å²) in [5.41, 5.74) is 0. The molecule has 1 aliphatic heterocycles. The summed E-state index contributed by atoms with van der Waals surface area (Å²) in [6, 6.07) is 0. The second-order valence-corrected chi connectivity index (χ2v) is 2.75. The van der Waals surface area contributed by atoms with E-state index in [0.29, 0.717) is 5.92 Å². The van der Waals surface area contributed by atoms with Gasteiger partial charge in [-0.15, -0.1) is 0 Å². The van der Waals surface area contributed by atoms with E-state index in [0.717, 1.165) is 19.0 Å². The van der Waals surface area contributed by atoms with Crippen LogP contribution in [0.5, 0.6) is 0 Å². The molecule has 1 N–H and O–H groups in total.